The van der Waals surface area contributed by atoms with Crippen molar-refractivity contribution >= 4 is 17.6 Å². The molecule has 0 saturated carbocycles. The number of aryl methyl sites for hydroxylation is 1. The van der Waals surface area contributed by atoms with E-state index in [1.807, 2.05) is 0 Å². The second kappa shape index (κ2) is 5.36. The van der Waals surface area contributed by atoms with Crippen LogP contribution < -0.4 is 0 Å². The molecule has 5 nitrogen and oxygen atoms in total. The number of rotatable bonds is 2. The number of nitrogens with zero attached hydrogens (tertiary/aromatic N) is 2. The summed E-state index contributed by atoms with van der Waals surface area (Å²) < 4.78 is 47.3. The third kappa shape index (κ3) is 2.99. The van der Waals surface area contributed by atoms with E-state index < -0.39 is 17.7 Å². The first-order chi connectivity index (χ1) is 9.74. The highest BCUT2D eigenvalue weighted by atomic mass is 35.5. The Morgan fingerprint density at radius 3 is 2.62 bits per heavy atom. The van der Waals surface area contributed by atoms with Gasteiger partial charge < -0.3 is 9.15 Å². The van der Waals surface area contributed by atoms with Crippen LogP contribution in [-0.4, -0.2) is 23.0 Å². The van der Waals surface area contributed by atoms with Gasteiger partial charge in [0.15, 0.2) is 5.69 Å². The molecule has 9 heteroatoms. The zero-order valence-corrected chi connectivity index (χ0v) is 11.5. The van der Waals surface area contributed by atoms with Gasteiger partial charge >= 0.3 is 12.1 Å². The summed E-state index contributed by atoms with van der Waals surface area (Å²) in [6, 6.07) is 0.710. The molecule has 2 rings (SSSR count). The monoisotopic (exact) mass is 320 g/mol. The summed E-state index contributed by atoms with van der Waals surface area (Å²) in [5, 5.41) is -0.289. The lowest BCUT2D eigenvalue weighted by Crippen LogP contribution is -2.06. The summed E-state index contributed by atoms with van der Waals surface area (Å²) >= 11 is 5.77. The summed E-state index contributed by atoms with van der Waals surface area (Å²) in [4.78, 5) is 18.8. The molecular weight excluding hydrogens is 313 g/mol. The van der Waals surface area contributed by atoms with E-state index in [9.17, 15) is 18.0 Å². The Hall–Kier alpha value is -2.09. The number of hydrogen-bond acceptors (Lipinski definition) is 5. The predicted molar refractivity (Wildman–Crippen MR) is 65.8 cm³/mol. The number of ether oxygens (including phenoxy) is 1. The molecule has 0 fully saturated rings. The van der Waals surface area contributed by atoms with E-state index in [2.05, 4.69) is 14.7 Å². The van der Waals surface area contributed by atoms with E-state index in [0.29, 0.717) is 12.3 Å². The summed E-state index contributed by atoms with van der Waals surface area (Å²) in [6.45, 7) is 1.46. The van der Waals surface area contributed by atoms with Crippen molar-refractivity contribution in [1.82, 2.24) is 9.97 Å². The molecule has 112 valence electrons. The SMILES string of the molecule is COC(=O)c1nc(-c2ncc(C(F)(F)F)cc2Cl)oc1C. The van der Waals surface area contributed by atoms with Gasteiger partial charge in [0.05, 0.1) is 17.7 Å². The third-order valence-electron chi connectivity index (χ3n) is 2.55. The van der Waals surface area contributed by atoms with Gasteiger partial charge in [-0.2, -0.15) is 13.2 Å². The molecule has 2 heterocycles. The molecule has 0 atom stereocenters. The van der Waals surface area contributed by atoms with Gasteiger partial charge in [-0.25, -0.2) is 14.8 Å². The van der Waals surface area contributed by atoms with E-state index in [-0.39, 0.29) is 28.1 Å². The van der Waals surface area contributed by atoms with Crippen LogP contribution in [0.2, 0.25) is 5.02 Å². The van der Waals surface area contributed by atoms with Gasteiger partial charge in [-0.1, -0.05) is 11.6 Å². The fourth-order valence-corrected chi connectivity index (χ4v) is 1.78. The van der Waals surface area contributed by atoms with Crippen LogP contribution in [0.3, 0.4) is 0 Å². The molecule has 0 aromatic carbocycles. The summed E-state index contributed by atoms with van der Waals surface area (Å²) in [7, 11) is 1.17. The van der Waals surface area contributed by atoms with Crippen LogP contribution >= 0.6 is 11.6 Å². The van der Waals surface area contributed by atoms with Crippen molar-refractivity contribution in [2.45, 2.75) is 13.1 Å². The van der Waals surface area contributed by atoms with Gasteiger partial charge in [0, 0.05) is 6.20 Å². The number of oxazole rings is 1. The summed E-state index contributed by atoms with van der Waals surface area (Å²) in [6.07, 6.45) is -3.95. The van der Waals surface area contributed by atoms with Crippen molar-refractivity contribution in [2.24, 2.45) is 0 Å². The lowest BCUT2D eigenvalue weighted by molar-refractivity contribution is -0.137. The molecule has 0 aliphatic carbocycles. The predicted octanol–water partition coefficient (Wildman–Crippen LogP) is 3.50. The zero-order valence-electron chi connectivity index (χ0n) is 10.8. The number of esters is 1. The van der Waals surface area contributed by atoms with Gasteiger partial charge in [-0.05, 0) is 13.0 Å². The minimum Gasteiger partial charge on any atom is -0.464 e. The Bertz CT molecular complexity index is 698. The molecule has 2 aromatic rings. The smallest absolute Gasteiger partial charge is 0.417 e. The number of pyridine rings is 1. The van der Waals surface area contributed by atoms with Gasteiger partial charge in [-0.15, -0.1) is 0 Å². The zero-order chi connectivity index (χ0) is 15.8. The maximum atomic E-state index is 12.5. The average Bonchev–Trinajstić information content (AvgIpc) is 2.78. The lowest BCUT2D eigenvalue weighted by atomic mass is 10.2. The quantitative estimate of drug-likeness (QED) is 0.792. The van der Waals surface area contributed by atoms with Crippen molar-refractivity contribution in [1.29, 1.82) is 0 Å². The first kappa shape index (κ1) is 15.3. The Labute approximate surface area is 121 Å². The fraction of sp³-hybridized carbons (Fsp3) is 0.250. The highest BCUT2D eigenvalue weighted by Crippen LogP contribution is 2.34. The largest absolute Gasteiger partial charge is 0.464 e. The normalized spacial score (nSPS) is 11.5. The summed E-state index contributed by atoms with van der Waals surface area (Å²) in [5.41, 5.74) is -1.18. The van der Waals surface area contributed by atoms with Crippen LogP contribution in [0.1, 0.15) is 21.8 Å². The molecule has 2 aromatic heterocycles. The topological polar surface area (TPSA) is 65.2 Å². The number of methoxy groups -OCH3 is 1. The van der Waals surface area contributed by atoms with Crippen LogP contribution in [-0.2, 0) is 10.9 Å². The maximum absolute atomic E-state index is 12.5. The van der Waals surface area contributed by atoms with Crippen LogP contribution in [0, 0.1) is 6.92 Å². The van der Waals surface area contributed by atoms with Crippen molar-refractivity contribution in [3.05, 3.63) is 34.3 Å². The van der Waals surface area contributed by atoms with Crippen molar-refractivity contribution in [3.63, 3.8) is 0 Å². The Balaban J connectivity index is 2.46. The molecule has 21 heavy (non-hydrogen) atoms. The molecule has 0 bridgehead atoms. The molecule has 0 N–H and O–H groups in total. The first-order valence-electron chi connectivity index (χ1n) is 5.53. The number of alkyl halides is 3. The number of carbonyl (C=O) groups is 1. The number of aromatic nitrogens is 2. The average molecular weight is 321 g/mol. The standard InChI is InChI=1S/C12H8ClF3N2O3/c1-5-8(11(19)20-2)18-10(21-5)9-7(13)3-6(4-17-9)12(14,15)16/h3-4H,1-2H3. The highest BCUT2D eigenvalue weighted by molar-refractivity contribution is 6.32. The van der Waals surface area contributed by atoms with E-state index in [1.165, 1.54) is 14.0 Å². The molecule has 0 unspecified atom stereocenters. The van der Waals surface area contributed by atoms with Crippen molar-refractivity contribution < 1.29 is 27.1 Å². The highest BCUT2D eigenvalue weighted by Gasteiger charge is 2.32. The molecule has 0 spiro atoms. The van der Waals surface area contributed by atoms with E-state index in [0.717, 1.165) is 0 Å². The molecule has 0 saturated heterocycles. The van der Waals surface area contributed by atoms with Crippen LogP contribution in [0.5, 0.6) is 0 Å². The van der Waals surface area contributed by atoms with E-state index in [1.54, 1.807) is 0 Å². The Morgan fingerprint density at radius 2 is 2.10 bits per heavy atom. The van der Waals surface area contributed by atoms with Gasteiger partial charge in [0.25, 0.3) is 0 Å². The van der Waals surface area contributed by atoms with Crippen LogP contribution in [0.15, 0.2) is 16.7 Å². The van der Waals surface area contributed by atoms with Crippen molar-refractivity contribution in [2.75, 3.05) is 7.11 Å². The van der Waals surface area contributed by atoms with Crippen LogP contribution in [0.4, 0.5) is 13.2 Å². The van der Waals surface area contributed by atoms with E-state index in [4.69, 9.17) is 16.0 Å². The first-order valence-corrected chi connectivity index (χ1v) is 5.90. The fourth-order valence-electron chi connectivity index (χ4n) is 1.53. The Kier molecular flexibility index (Phi) is 3.91. The van der Waals surface area contributed by atoms with Gasteiger partial charge in [0.2, 0.25) is 5.89 Å². The van der Waals surface area contributed by atoms with E-state index >= 15 is 0 Å². The molecule has 0 aliphatic rings. The second-order valence-electron chi connectivity index (χ2n) is 3.97. The number of carbonyl (C=O) groups excluding carboxylic acids is 1. The Morgan fingerprint density at radius 1 is 1.43 bits per heavy atom. The summed E-state index contributed by atoms with van der Waals surface area (Å²) in [5.74, 6) is -0.744. The lowest BCUT2D eigenvalue weighted by Gasteiger charge is -2.07. The minimum atomic E-state index is -4.56. The van der Waals surface area contributed by atoms with Gasteiger partial charge in [-0.3, -0.25) is 0 Å². The molecule has 0 radical (unpaired) electrons. The number of halogens is 4. The van der Waals surface area contributed by atoms with Crippen molar-refractivity contribution in [3.8, 4) is 11.6 Å². The number of hydrogen-bond donors (Lipinski definition) is 0. The molecular formula is C12H8ClF3N2O3. The minimum absolute atomic E-state index is 0.0923. The third-order valence-corrected chi connectivity index (χ3v) is 2.83. The molecule has 0 amide bonds. The maximum Gasteiger partial charge on any atom is 0.417 e. The van der Waals surface area contributed by atoms with Gasteiger partial charge in [0.1, 0.15) is 11.5 Å². The van der Waals surface area contributed by atoms with Crippen LogP contribution in [0.25, 0.3) is 11.6 Å². The molecule has 0 aliphatic heterocycles. The second-order valence-corrected chi connectivity index (χ2v) is 4.37.